The van der Waals surface area contributed by atoms with Crippen molar-refractivity contribution < 1.29 is 9.90 Å². The molecule has 0 saturated heterocycles. The molecule has 14 heavy (non-hydrogen) atoms. The molecule has 4 aliphatic carbocycles. The third-order valence-electron chi connectivity index (χ3n) is 4.31. The molecule has 0 aromatic rings. The fraction of sp³-hybridized carbons (Fsp3) is 0.750. The van der Waals surface area contributed by atoms with Crippen LogP contribution in [0, 0.1) is 23.7 Å². The van der Waals surface area contributed by atoms with E-state index in [2.05, 4.69) is 12.2 Å². The molecular weight excluding hydrogens is 176 g/mol. The minimum Gasteiger partial charge on any atom is -0.393 e. The van der Waals surface area contributed by atoms with Crippen molar-refractivity contribution in [2.45, 2.75) is 31.8 Å². The first-order chi connectivity index (χ1) is 6.77. The van der Waals surface area contributed by atoms with Crippen LogP contribution in [-0.4, -0.2) is 17.0 Å². The zero-order chi connectivity index (χ0) is 9.71. The van der Waals surface area contributed by atoms with Crippen LogP contribution in [0.25, 0.3) is 0 Å². The molecule has 2 fully saturated rings. The maximum absolute atomic E-state index is 11.8. The van der Waals surface area contributed by atoms with E-state index >= 15 is 0 Å². The van der Waals surface area contributed by atoms with Gasteiger partial charge in [0.1, 0.15) is 5.78 Å². The molecule has 76 valence electrons. The topological polar surface area (TPSA) is 37.3 Å². The van der Waals surface area contributed by atoms with Crippen molar-refractivity contribution in [3.63, 3.8) is 0 Å². The molecular formula is C12H16O2. The second-order valence-corrected chi connectivity index (χ2v) is 4.97. The third kappa shape index (κ3) is 1.04. The molecule has 5 atom stereocenters. The Morgan fingerprint density at radius 2 is 1.86 bits per heavy atom. The monoisotopic (exact) mass is 192 g/mol. The molecule has 2 heteroatoms. The Kier molecular flexibility index (Phi) is 1.81. The lowest BCUT2D eigenvalue weighted by Crippen LogP contribution is -2.49. The molecule has 4 aliphatic rings. The molecule has 0 aliphatic heterocycles. The van der Waals surface area contributed by atoms with Gasteiger partial charge >= 0.3 is 0 Å². The van der Waals surface area contributed by atoms with Crippen molar-refractivity contribution in [1.29, 1.82) is 0 Å². The second kappa shape index (κ2) is 2.93. The van der Waals surface area contributed by atoms with Gasteiger partial charge in [0, 0.05) is 18.3 Å². The van der Waals surface area contributed by atoms with E-state index in [-0.39, 0.29) is 17.9 Å². The highest BCUT2D eigenvalue weighted by molar-refractivity contribution is 5.83. The number of aliphatic hydroxyl groups is 1. The Morgan fingerprint density at radius 1 is 1.14 bits per heavy atom. The third-order valence-corrected chi connectivity index (χ3v) is 4.31. The molecule has 2 saturated carbocycles. The van der Waals surface area contributed by atoms with Crippen LogP contribution in [0.15, 0.2) is 12.2 Å². The lowest BCUT2D eigenvalue weighted by molar-refractivity contribution is -0.138. The van der Waals surface area contributed by atoms with Gasteiger partial charge in [0.2, 0.25) is 0 Å². The summed E-state index contributed by atoms with van der Waals surface area (Å²) in [6.07, 6.45) is 7.84. The van der Waals surface area contributed by atoms with Gasteiger partial charge in [-0.25, -0.2) is 0 Å². The van der Waals surface area contributed by atoms with Crippen LogP contribution in [0.1, 0.15) is 25.7 Å². The quantitative estimate of drug-likeness (QED) is 0.591. The number of aliphatic hydroxyl groups excluding tert-OH is 1. The number of rotatable bonds is 0. The van der Waals surface area contributed by atoms with Crippen molar-refractivity contribution in [3.05, 3.63) is 12.2 Å². The Labute approximate surface area is 84.0 Å². The molecule has 0 aromatic carbocycles. The predicted molar refractivity (Wildman–Crippen MR) is 52.6 cm³/mol. The average Bonchev–Trinajstić information content (AvgIpc) is 2.25. The van der Waals surface area contributed by atoms with Crippen molar-refractivity contribution in [2.75, 3.05) is 0 Å². The fourth-order valence-electron chi connectivity index (χ4n) is 3.66. The summed E-state index contributed by atoms with van der Waals surface area (Å²) in [4.78, 5) is 11.8. The number of allylic oxidation sites excluding steroid dienone is 2. The van der Waals surface area contributed by atoms with Crippen molar-refractivity contribution >= 4 is 5.78 Å². The van der Waals surface area contributed by atoms with Crippen LogP contribution >= 0.6 is 0 Å². The minimum atomic E-state index is -0.226. The first kappa shape index (κ1) is 8.66. The summed E-state index contributed by atoms with van der Waals surface area (Å²) in [7, 11) is 0. The molecule has 4 rings (SSSR count). The first-order valence-electron chi connectivity index (χ1n) is 5.66. The number of carbonyl (C=O) groups is 1. The normalized spacial score (nSPS) is 50.6. The van der Waals surface area contributed by atoms with Crippen LogP contribution in [-0.2, 0) is 4.79 Å². The molecule has 0 amide bonds. The summed E-state index contributed by atoms with van der Waals surface area (Å²) in [5.41, 5.74) is 0. The second-order valence-electron chi connectivity index (χ2n) is 4.97. The molecule has 0 spiro atoms. The van der Waals surface area contributed by atoms with Crippen LogP contribution < -0.4 is 0 Å². The summed E-state index contributed by atoms with van der Waals surface area (Å²) >= 11 is 0. The minimum absolute atomic E-state index is 0.155. The van der Waals surface area contributed by atoms with Gasteiger partial charge in [-0.2, -0.15) is 0 Å². The number of carbonyl (C=O) groups excluding carboxylic acids is 1. The summed E-state index contributed by atoms with van der Waals surface area (Å²) in [5, 5.41) is 9.96. The van der Waals surface area contributed by atoms with Crippen molar-refractivity contribution in [1.82, 2.24) is 0 Å². The van der Waals surface area contributed by atoms with E-state index in [0.29, 0.717) is 30.5 Å². The van der Waals surface area contributed by atoms with Crippen molar-refractivity contribution in [2.24, 2.45) is 23.7 Å². The van der Waals surface area contributed by atoms with Gasteiger partial charge < -0.3 is 5.11 Å². The van der Waals surface area contributed by atoms with Gasteiger partial charge in [0.15, 0.2) is 0 Å². The average molecular weight is 192 g/mol. The summed E-state index contributed by atoms with van der Waals surface area (Å²) in [6.45, 7) is 0. The summed E-state index contributed by atoms with van der Waals surface area (Å²) in [6, 6.07) is 0. The highest BCUT2D eigenvalue weighted by atomic mass is 16.3. The maximum atomic E-state index is 11.8. The maximum Gasteiger partial charge on any atom is 0.137 e. The van der Waals surface area contributed by atoms with E-state index in [1.165, 1.54) is 6.42 Å². The van der Waals surface area contributed by atoms with Crippen molar-refractivity contribution in [3.8, 4) is 0 Å². The number of hydrogen-bond acceptors (Lipinski definition) is 2. The number of hydrogen-bond donors (Lipinski definition) is 1. The van der Waals surface area contributed by atoms with E-state index in [4.69, 9.17) is 0 Å². The summed E-state index contributed by atoms with van der Waals surface area (Å²) < 4.78 is 0. The van der Waals surface area contributed by atoms with E-state index < -0.39 is 0 Å². The van der Waals surface area contributed by atoms with E-state index in [1.54, 1.807) is 0 Å². The van der Waals surface area contributed by atoms with E-state index in [0.717, 1.165) is 6.42 Å². The van der Waals surface area contributed by atoms with Crippen LogP contribution in [0.2, 0.25) is 0 Å². The van der Waals surface area contributed by atoms with Crippen LogP contribution in [0.3, 0.4) is 0 Å². The number of Topliss-reactive ketones (excluding diaryl/α,β-unsaturated/α-hetero) is 1. The first-order valence-corrected chi connectivity index (χ1v) is 5.66. The largest absolute Gasteiger partial charge is 0.393 e. The molecule has 1 N–H and O–H groups in total. The lowest BCUT2D eigenvalue weighted by Gasteiger charge is -2.48. The Morgan fingerprint density at radius 3 is 2.50 bits per heavy atom. The zero-order valence-corrected chi connectivity index (χ0v) is 8.23. The standard InChI is InChI=1S/C12H16O2/c13-9-5-6-10(14)12-8-2-1-7(3-4-8)11(9)12/h1-2,7-9,11-13H,3-6H2/t7-,8+,9+,11+,12-/m1/s1. The van der Waals surface area contributed by atoms with Gasteiger partial charge in [-0.3, -0.25) is 4.79 Å². The highest BCUT2D eigenvalue weighted by Crippen LogP contribution is 2.49. The summed E-state index contributed by atoms with van der Waals surface area (Å²) in [5.74, 6) is 1.72. The molecule has 0 radical (unpaired) electrons. The Balaban J connectivity index is 1.98. The molecule has 2 bridgehead atoms. The van der Waals surface area contributed by atoms with Gasteiger partial charge in [0.05, 0.1) is 6.10 Å². The van der Waals surface area contributed by atoms with Gasteiger partial charge in [-0.05, 0) is 31.1 Å². The highest BCUT2D eigenvalue weighted by Gasteiger charge is 2.49. The molecule has 0 aromatic heterocycles. The van der Waals surface area contributed by atoms with E-state index in [1.807, 2.05) is 0 Å². The Bertz CT molecular complexity index is 295. The molecule has 0 heterocycles. The van der Waals surface area contributed by atoms with Gasteiger partial charge in [0.25, 0.3) is 0 Å². The van der Waals surface area contributed by atoms with Crippen LogP contribution in [0.5, 0.6) is 0 Å². The smallest absolute Gasteiger partial charge is 0.137 e. The Hall–Kier alpha value is -0.630. The predicted octanol–water partition coefficient (Wildman–Crippen LogP) is 1.54. The SMILES string of the molecule is O=C1CC[C@H](O)[C@H]2[C@@H]1[C@H]1C=C[C@@H]2CC1. The molecule has 0 unspecified atom stereocenters. The van der Waals surface area contributed by atoms with Crippen LogP contribution in [0.4, 0.5) is 0 Å². The van der Waals surface area contributed by atoms with Gasteiger partial charge in [-0.15, -0.1) is 0 Å². The van der Waals surface area contributed by atoms with Gasteiger partial charge in [-0.1, -0.05) is 12.2 Å². The van der Waals surface area contributed by atoms with E-state index in [9.17, 15) is 9.90 Å². The lowest BCUT2D eigenvalue weighted by atomic mass is 9.56. The number of ketones is 1. The number of fused-ring (bicyclic) bond motifs is 1. The zero-order valence-electron chi connectivity index (χ0n) is 8.23. The molecule has 2 nitrogen and oxygen atoms in total. The fourth-order valence-corrected chi connectivity index (χ4v) is 3.66.